The van der Waals surface area contributed by atoms with Crippen molar-refractivity contribution >= 4 is 44.9 Å². The van der Waals surface area contributed by atoms with E-state index < -0.39 is 6.04 Å². The fraction of sp³-hybridized carbons (Fsp3) is 0.316. The van der Waals surface area contributed by atoms with E-state index >= 15 is 0 Å². The highest BCUT2D eigenvalue weighted by molar-refractivity contribution is 7.18. The molecule has 0 fully saturated rings. The Morgan fingerprint density at radius 2 is 2.00 bits per heavy atom. The maximum atomic E-state index is 12.3. The first kappa shape index (κ1) is 19.4. The molecule has 8 heteroatoms. The average Bonchev–Trinajstić information content (AvgIpc) is 2.95. The molecule has 27 heavy (non-hydrogen) atoms. The molecule has 0 saturated carbocycles. The molecule has 3 aromatic rings. The summed E-state index contributed by atoms with van der Waals surface area (Å²) < 4.78 is 5.57. The summed E-state index contributed by atoms with van der Waals surface area (Å²) >= 11 is 7.46. The Kier molecular flexibility index (Phi) is 6.13. The SMILES string of the molecule is Cc1sc2ncnc(N[C@H](C)C(=O)NCCOc3ccc(Cl)cc3)c2c1C. The number of ether oxygens (including phenoxy) is 1. The zero-order valence-corrected chi connectivity index (χ0v) is 16.9. The van der Waals surface area contributed by atoms with Gasteiger partial charge in [-0.2, -0.15) is 0 Å². The molecule has 1 amide bonds. The summed E-state index contributed by atoms with van der Waals surface area (Å²) in [6.45, 7) is 6.69. The second-order valence-corrected chi connectivity index (χ2v) is 7.78. The average molecular weight is 405 g/mol. The first-order valence-electron chi connectivity index (χ1n) is 8.59. The van der Waals surface area contributed by atoms with Gasteiger partial charge in [-0.25, -0.2) is 9.97 Å². The summed E-state index contributed by atoms with van der Waals surface area (Å²) in [5.41, 5.74) is 1.14. The molecular weight excluding hydrogens is 384 g/mol. The van der Waals surface area contributed by atoms with Crippen molar-refractivity contribution in [2.75, 3.05) is 18.5 Å². The maximum absolute atomic E-state index is 12.3. The van der Waals surface area contributed by atoms with Gasteiger partial charge < -0.3 is 15.4 Å². The number of carbonyl (C=O) groups is 1. The molecule has 0 aliphatic carbocycles. The maximum Gasteiger partial charge on any atom is 0.242 e. The molecule has 0 aliphatic rings. The van der Waals surface area contributed by atoms with Crippen molar-refractivity contribution in [2.24, 2.45) is 0 Å². The van der Waals surface area contributed by atoms with Crippen LogP contribution in [-0.2, 0) is 4.79 Å². The molecule has 1 aromatic carbocycles. The van der Waals surface area contributed by atoms with Crippen molar-refractivity contribution in [3.05, 3.63) is 46.1 Å². The summed E-state index contributed by atoms with van der Waals surface area (Å²) in [5.74, 6) is 1.28. The highest BCUT2D eigenvalue weighted by atomic mass is 35.5. The van der Waals surface area contributed by atoms with Crippen molar-refractivity contribution in [1.82, 2.24) is 15.3 Å². The first-order valence-corrected chi connectivity index (χ1v) is 9.78. The van der Waals surface area contributed by atoms with Crippen molar-refractivity contribution in [2.45, 2.75) is 26.8 Å². The molecule has 2 N–H and O–H groups in total. The van der Waals surface area contributed by atoms with Crippen LogP contribution in [-0.4, -0.2) is 35.1 Å². The summed E-state index contributed by atoms with van der Waals surface area (Å²) in [6, 6.07) is 6.67. The van der Waals surface area contributed by atoms with Gasteiger partial charge in [0.1, 0.15) is 35.4 Å². The number of benzene rings is 1. The molecule has 0 saturated heterocycles. The Morgan fingerprint density at radius 1 is 1.26 bits per heavy atom. The van der Waals surface area contributed by atoms with Crippen LogP contribution in [0.3, 0.4) is 0 Å². The molecule has 3 rings (SSSR count). The number of fused-ring (bicyclic) bond motifs is 1. The van der Waals surface area contributed by atoms with E-state index in [1.807, 2.05) is 6.92 Å². The number of rotatable bonds is 7. The van der Waals surface area contributed by atoms with Gasteiger partial charge in [-0.15, -0.1) is 11.3 Å². The number of amides is 1. The van der Waals surface area contributed by atoms with Crippen LogP contribution in [0.1, 0.15) is 17.4 Å². The monoisotopic (exact) mass is 404 g/mol. The van der Waals surface area contributed by atoms with Gasteiger partial charge >= 0.3 is 0 Å². The van der Waals surface area contributed by atoms with Crippen LogP contribution in [0.15, 0.2) is 30.6 Å². The molecule has 1 atom stereocenters. The lowest BCUT2D eigenvalue weighted by Crippen LogP contribution is -2.39. The first-order chi connectivity index (χ1) is 13.0. The third kappa shape index (κ3) is 4.67. The van der Waals surface area contributed by atoms with Gasteiger partial charge in [0.05, 0.1) is 11.9 Å². The largest absolute Gasteiger partial charge is 0.492 e. The van der Waals surface area contributed by atoms with Crippen molar-refractivity contribution < 1.29 is 9.53 Å². The van der Waals surface area contributed by atoms with Crippen molar-refractivity contribution in [1.29, 1.82) is 0 Å². The summed E-state index contributed by atoms with van der Waals surface area (Å²) in [4.78, 5) is 23.1. The molecule has 2 heterocycles. The molecule has 0 aliphatic heterocycles. The smallest absolute Gasteiger partial charge is 0.242 e. The zero-order chi connectivity index (χ0) is 19.4. The summed E-state index contributed by atoms with van der Waals surface area (Å²) in [6.07, 6.45) is 1.52. The van der Waals surface area contributed by atoms with E-state index in [0.717, 1.165) is 15.8 Å². The van der Waals surface area contributed by atoms with Crippen LogP contribution < -0.4 is 15.4 Å². The number of hydrogen-bond acceptors (Lipinski definition) is 6. The Hall–Kier alpha value is -2.38. The van der Waals surface area contributed by atoms with E-state index in [4.69, 9.17) is 16.3 Å². The fourth-order valence-corrected chi connectivity index (χ4v) is 3.71. The Balaban J connectivity index is 1.53. The minimum atomic E-state index is -0.432. The van der Waals surface area contributed by atoms with Gasteiger partial charge in [0, 0.05) is 9.90 Å². The van der Waals surface area contributed by atoms with Crippen LogP contribution in [0.25, 0.3) is 10.2 Å². The number of hydrogen-bond donors (Lipinski definition) is 2. The summed E-state index contributed by atoms with van der Waals surface area (Å²) in [7, 11) is 0. The highest BCUT2D eigenvalue weighted by Crippen LogP contribution is 2.32. The van der Waals surface area contributed by atoms with E-state index in [0.29, 0.717) is 29.7 Å². The van der Waals surface area contributed by atoms with Crippen LogP contribution in [0, 0.1) is 13.8 Å². The number of nitrogens with zero attached hydrogens (tertiary/aromatic N) is 2. The molecule has 2 aromatic heterocycles. The molecule has 0 radical (unpaired) electrons. The fourth-order valence-electron chi connectivity index (χ4n) is 2.59. The Bertz CT molecular complexity index is 943. The number of anilines is 1. The Labute approximate surface area is 166 Å². The van der Waals surface area contributed by atoms with Crippen LogP contribution >= 0.6 is 22.9 Å². The number of nitrogens with one attached hydrogen (secondary N) is 2. The number of aryl methyl sites for hydroxylation is 2. The van der Waals surface area contributed by atoms with Crippen LogP contribution in [0.5, 0.6) is 5.75 Å². The molecule has 142 valence electrons. The third-order valence-corrected chi connectivity index (χ3v) is 5.56. The van der Waals surface area contributed by atoms with Crippen molar-refractivity contribution in [3.63, 3.8) is 0 Å². The second kappa shape index (κ2) is 8.54. The van der Waals surface area contributed by atoms with Gasteiger partial charge in [-0.1, -0.05) is 11.6 Å². The highest BCUT2D eigenvalue weighted by Gasteiger charge is 2.17. The zero-order valence-electron chi connectivity index (χ0n) is 15.4. The molecule has 0 unspecified atom stereocenters. The lowest BCUT2D eigenvalue weighted by Gasteiger charge is -2.15. The quantitative estimate of drug-likeness (QED) is 0.583. The Morgan fingerprint density at radius 3 is 2.74 bits per heavy atom. The molecule has 0 bridgehead atoms. The van der Waals surface area contributed by atoms with E-state index in [9.17, 15) is 4.79 Å². The minimum Gasteiger partial charge on any atom is -0.492 e. The molecular formula is C19H21ClN4O2S. The van der Waals surface area contributed by atoms with Gasteiger partial charge in [0.25, 0.3) is 0 Å². The topological polar surface area (TPSA) is 76.1 Å². The normalized spacial score (nSPS) is 12.0. The second-order valence-electron chi connectivity index (χ2n) is 6.15. The predicted octanol–water partition coefficient (Wildman–Crippen LogP) is 3.96. The standard InChI is InChI=1S/C19H21ClN4O2S/c1-11-13(3)27-19-16(11)17(22-10-23-19)24-12(2)18(25)21-8-9-26-15-6-4-14(20)5-7-15/h4-7,10,12H,8-9H2,1-3H3,(H,21,25)(H,22,23,24)/t12-/m1/s1. The number of carbonyl (C=O) groups excluding carboxylic acids is 1. The number of halogens is 1. The predicted molar refractivity (Wildman–Crippen MR) is 110 cm³/mol. The number of aromatic nitrogens is 2. The minimum absolute atomic E-state index is 0.119. The van der Waals surface area contributed by atoms with E-state index in [1.54, 1.807) is 42.5 Å². The van der Waals surface area contributed by atoms with Gasteiger partial charge in [0.2, 0.25) is 5.91 Å². The third-order valence-electron chi connectivity index (χ3n) is 4.20. The molecule has 6 nitrogen and oxygen atoms in total. The van der Waals surface area contributed by atoms with Crippen LogP contribution in [0.2, 0.25) is 5.02 Å². The van der Waals surface area contributed by atoms with Gasteiger partial charge in [-0.3, -0.25) is 4.79 Å². The van der Waals surface area contributed by atoms with E-state index in [2.05, 4.69) is 27.5 Å². The lowest BCUT2D eigenvalue weighted by atomic mass is 10.2. The van der Waals surface area contributed by atoms with Gasteiger partial charge in [-0.05, 0) is 50.6 Å². The number of thiophene rings is 1. The van der Waals surface area contributed by atoms with E-state index in [-0.39, 0.29) is 5.91 Å². The lowest BCUT2D eigenvalue weighted by molar-refractivity contribution is -0.121. The van der Waals surface area contributed by atoms with Gasteiger partial charge in [0.15, 0.2) is 0 Å². The molecule has 0 spiro atoms. The van der Waals surface area contributed by atoms with E-state index in [1.165, 1.54) is 11.2 Å². The summed E-state index contributed by atoms with van der Waals surface area (Å²) in [5, 5.41) is 7.69. The van der Waals surface area contributed by atoms with Crippen LogP contribution in [0.4, 0.5) is 5.82 Å². The van der Waals surface area contributed by atoms with Crippen molar-refractivity contribution in [3.8, 4) is 5.75 Å².